The molecule has 3 rings (SSSR count). The predicted octanol–water partition coefficient (Wildman–Crippen LogP) is 5.24. The van der Waals surface area contributed by atoms with Crippen molar-refractivity contribution in [2.45, 2.75) is 17.4 Å². The highest BCUT2D eigenvalue weighted by atomic mass is 32.2. The molecule has 0 heterocycles. The Morgan fingerprint density at radius 1 is 1.03 bits per heavy atom. The van der Waals surface area contributed by atoms with Gasteiger partial charge >= 0.3 is 6.09 Å². The van der Waals surface area contributed by atoms with Crippen molar-refractivity contribution in [3.05, 3.63) is 90.5 Å². The molecule has 3 aromatic carbocycles. The molecule has 0 spiro atoms. The molecule has 0 bridgehead atoms. The van der Waals surface area contributed by atoms with Crippen LogP contribution in [0.1, 0.15) is 18.1 Å². The van der Waals surface area contributed by atoms with E-state index in [-0.39, 0.29) is 25.5 Å². The van der Waals surface area contributed by atoms with Gasteiger partial charge in [0.2, 0.25) is 5.91 Å². The number of para-hydroxylation sites is 3. The summed E-state index contributed by atoms with van der Waals surface area (Å²) in [7, 11) is 0. The highest BCUT2D eigenvalue weighted by Crippen LogP contribution is 2.31. The average molecular weight is 508 g/mol. The van der Waals surface area contributed by atoms with E-state index < -0.39 is 12.2 Å². The third kappa shape index (κ3) is 8.07. The van der Waals surface area contributed by atoms with E-state index in [0.717, 1.165) is 4.90 Å². The van der Waals surface area contributed by atoms with Gasteiger partial charge in [-0.2, -0.15) is 0 Å². The molecular formula is C27H29N3O5S. The van der Waals surface area contributed by atoms with Crippen molar-refractivity contribution in [1.82, 2.24) is 0 Å². The lowest BCUT2D eigenvalue weighted by Gasteiger charge is -2.20. The van der Waals surface area contributed by atoms with Gasteiger partial charge in [0.1, 0.15) is 18.5 Å². The van der Waals surface area contributed by atoms with Crippen molar-refractivity contribution < 1.29 is 24.2 Å². The summed E-state index contributed by atoms with van der Waals surface area (Å²) in [6.45, 7) is -0.0659. The summed E-state index contributed by atoms with van der Waals surface area (Å²) in [5, 5.41) is 14.6. The number of anilines is 3. The number of aliphatic hydroxyl groups is 1. The molecule has 1 atom stereocenters. The Bertz CT molecular complexity index is 1180. The fourth-order valence-electron chi connectivity index (χ4n) is 3.31. The van der Waals surface area contributed by atoms with Gasteiger partial charge in [-0.1, -0.05) is 36.4 Å². The molecule has 0 fully saturated rings. The van der Waals surface area contributed by atoms with Gasteiger partial charge in [0.05, 0.1) is 18.0 Å². The van der Waals surface area contributed by atoms with E-state index in [1.54, 1.807) is 78.5 Å². The van der Waals surface area contributed by atoms with Crippen molar-refractivity contribution >= 4 is 40.8 Å². The van der Waals surface area contributed by atoms with E-state index in [9.17, 15) is 9.59 Å². The van der Waals surface area contributed by atoms with Crippen molar-refractivity contribution in [3.63, 3.8) is 0 Å². The predicted molar refractivity (Wildman–Crippen MR) is 143 cm³/mol. The van der Waals surface area contributed by atoms with Gasteiger partial charge in [-0.3, -0.25) is 10.1 Å². The number of amides is 2. The molecule has 36 heavy (non-hydrogen) atoms. The van der Waals surface area contributed by atoms with Gasteiger partial charge in [-0.15, -0.1) is 11.8 Å². The van der Waals surface area contributed by atoms with Gasteiger partial charge < -0.3 is 25.6 Å². The Kier molecular flexibility index (Phi) is 10.2. The molecule has 0 unspecified atom stereocenters. The maximum Gasteiger partial charge on any atom is 0.412 e. The number of carbonyl (C=O) groups excluding carboxylic acids is 2. The lowest BCUT2D eigenvalue weighted by molar-refractivity contribution is -0.111. The summed E-state index contributed by atoms with van der Waals surface area (Å²) in [5.74, 6) is 0.110. The van der Waals surface area contributed by atoms with Gasteiger partial charge in [0.25, 0.3) is 0 Å². The van der Waals surface area contributed by atoms with Crippen LogP contribution in [0.25, 0.3) is 0 Å². The Balaban J connectivity index is 1.73. The molecule has 9 heteroatoms. The zero-order valence-electron chi connectivity index (χ0n) is 19.8. The van der Waals surface area contributed by atoms with Crippen LogP contribution in [0.5, 0.6) is 5.75 Å². The molecule has 2 amide bonds. The maximum absolute atomic E-state index is 12.7. The first kappa shape index (κ1) is 26.7. The Hall–Kier alpha value is -3.95. The van der Waals surface area contributed by atoms with E-state index in [4.69, 9.17) is 20.3 Å². The van der Waals surface area contributed by atoms with Crippen molar-refractivity contribution in [2.24, 2.45) is 0 Å². The summed E-state index contributed by atoms with van der Waals surface area (Å²) in [6.07, 6.45) is 3.75. The SMILES string of the molecule is CSc1ccc(NC(=O)O[C@@H](C/C=C/C(=O)Nc2ccccc2N)c2ccccc2OCCO)cc1. The summed E-state index contributed by atoms with van der Waals surface area (Å²) >= 11 is 1.60. The second kappa shape index (κ2) is 13.8. The zero-order valence-corrected chi connectivity index (χ0v) is 20.7. The third-order valence-corrected chi connectivity index (χ3v) is 5.78. The number of hydrogen-bond acceptors (Lipinski definition) is 7. The fraction of sp³-hybridized carbons (Fsp3) is 0.185. The van der Waals surface area contributed by atoms with Crippen LogP contribution in [-0.4, -0.2) is 36.6 Å². The second-order valence-electron chi connectivity index (χ2n) is 7.57. The van der Waals surface area contributed by atoms with Crippen LogP contribution in [0.4, 0.5) is 21.9 Å². The number of thioether (sulfide) groups is 1. The topological polar surface area (TPSA) is 123 Å². The number of nitrogens with two attached hydrogens (primary N) is 1. The minimum absolute atomic E-state index is 0.0917. The van der Waals surface area contributed by atoms with Crippen LogP contribution in [0.2, 0.25) is 0 Å². The number of rotatable bonds is 11. The summed E-state index contributed by atoms with van der Waals surface area (Å²) in [5.41, 5.74) is 8.04. The standard InChI is InChI=1S/C27H29N3O5S/c1-36-20-15-13-19(14-16-20)29-27(33)35-25(21-7-2-5-10-24(21)34-18-17-31)11-6-12-26(32)30-23-9-4-3-8-22(23)28/h2-10,12-16,25,31H,11,17-18,28H2,1H3,(H,29,33)(H,30,32)/b12-6+/t25-/m0/s1. The van der Waals surface area contributed by atoms with Crippen LogP contribution in [0.15, 0.2) is 89.8 Å². The molecule has 0 aliphatic heterocycles. The first-order valence-electron chi connectivity index (χ1n) is 11.3. The van der Waals surface area contributed by atoms with E-state index in [1.807, 2.05) is 18.4 Å². The minimum atomic E-state index is -0.754. The second-order valence-corrected chi connectivity index (χ2v) is 8.45. The van der Waals surface area contributed by atoms with Crippen molar-refractivity contribution in [2.75, 3.05) is 35.8 Å². The molecule has 0 saturated heterocycles. The number of nitrogens with one attached hydrogen (secondary N) is 2. The molecule has 0 saturated carbocycles. The van der Waals surface area contributed by atoms with Crippen LogP contribution >= 0.6 is 11.8 Å². The number of hydrogen-bond donors (Lipinski definition) is 4. The van der Waals surface area contributed by atoms with Crippen LogP contribution < -0.4 is 21.1 Å². The molecule has 3 aromatic rings. The Morgan fingerprint density at radius 3 is 2.47 bits per heavy atom. The van der Waals surface area contributed by atoms with Gasteiger partial charge in [-0.25, -0.2) is 4.79 Å². The normalized spacial score (nSPS) is 11.6. The van der Waals surface area contributed by atoms with Crippen molar-refractivity contribution in [3.8, 4) is 5.75 Å². The lowest BCUT2D eigenvalue weighted by Crippen LogP contribution is -2.18. The third-order valence-electron chi connectivity index (χ3n) is 5.04. The summed E-state index contributed by atoms with van der Waals surface area (Å²) in [4.78, 5) is 26.2. The molecule has 188 valence electrons. The van der Waals surface area contributed by atoms with E-state index in [2.05, 4.69) is 10.6 Å². The quantitative estimate of drug-likeness (QED) is 0.159. The van der Waals surface area contributed by atoms with Crippen LogP contribution in [-0.2, 0) is 9.53 Å². The number of ether oxygens (including phenoxy) is 2. The first-order valence-corrected chi connectivity index (χ1v) is 12.5. The summed E-state index contributed by atoms with van der Waals surface area (Å²) in [6, 6.07) is 21.4. The molecule has 5 N–H and O–H groups in total. The van der Waals surface area contributed by atoms with E-state index in [1.165, 1.54) is 6.08 Å². The first-order chi connectivity index (χ1) is 17.5. The fourth-order valence-corrected chi connectivity index (χ4v) is 3.72. The monoisotopic (exact) mass is 507 g/mol. The highest BCUT2D eigenvalue weighted by molar-refractivity contribution is 7.98. The molecular weight excluding hydrogens is 478 g/mol. The average Bonchev–Trinajstić information content (AvgIpc) is 2.89. The van der Waals surface area contributed by atoms with E-state index in [0.29, 0.717) is 28.4 Å². The minimum Gasteiger partial charge on any atom is -0.491 e. The lowest BCUT2D eigenvalue weighted by atomic mass is 10.0. The van der Waals surface area contributed by atoms with Crippen LogP contribution in [0, 0.1) is 0 Å². The number of nitrogen functional groups attached to an aromatic ring is 1. The van der Waals surface area contributed by atoms with Gasteiger partial charge in [0, 0.05) is 22.6 Å². The molecule has 0 radical (unpaired) electrons. The highest BCUT2D eigenvalue weighted by Gasteiger charge is 2.20. The zero-order chi connectivity index (χ0) is 25.8. The number of aliphatic hydroxyl groups excluding tert-OH is 1. The maximum atomic E-state index is 12.7. The molecule has 0 aromatic heterocycles. The van der Waals surface area contributed by atoms with Gasteiger partial charge in [0.15, 0.2) is 0 Å². The summed E-state index contributed by atoms with van der Waals surface area (Å²) < 4.78 is 11.4. The molecule has 0 aliphatic rings. The number of carbonyl (C=O) groups is 2. The van der Waals surface area contributed by atoms with Gasteiger partial charge in [-0.05, 0) is 54.8 Å². The Labute approximate surface area is 214 Å². The van der Waals surface area contributed by atoms with Crippen LogP contribution in [0.3, 0.4) is 0 Å². The number of benzene rings is 3. The Morgan fingerprint density at radius 2 is 1.75 bits per heavy atom. The van der Waals surface area contributed by atoms with E-state index >= 15 is 0 Å². The largest absolute Gasteiger partial charge is 0.491 e. The molecule has 8 nitrogen and oxygen atoms in total. The van der Waals surface area contributed by atoms with Crippen molar-refractivity contribution in [1.29, 1.82) is 0 Å². The smallest absolute Gasteiger partial charge is 0.412 e. The molecule has 0 aliphatic carbocycles.